The van der Waals surface area contributed by atoms with E-state index in [1.54, 1.807) is 24.3 Å². The lowest BCUT2D eigenvalue weighted by atomic mass is 10.3. The Balaban J connectivity index is 1.95. The second kappa shape index (κ2) is 5.21. The number of fused-ring (bicyclic) bond motifs is 1. The number of alkyl halides is 3. The molecule has 2 heterocycles. The van der Waals surface area contributed by atoms with E-state index >= 15 is 0 Å². The summed E-state index contributed by atoms with van der Waals surface area (Å²) >= 11 is 0. The minimum absolute atomic E-state index is 0.165. The van der Waals surface area contributed by atoms with Gasteiger partial charge in [0.05, 0.1) is 5.39 Å². The number of aromatic nitrogens is 3. The molecule has 0 unspecified atom stereocenters. The molecule has 0 saturated carbocycles. The standard InChI is InChI=1S/C14H11F3N4O/c15-14(16,17)7-21-6-5-11-12(21)19-8-20-13(11)22-10-3-1-9(18)2-4-10/h1-6,8H,7,18H2. The van der Waals surface area contributed by atoms with Crippen LogP contribution < -0.4 is 10.5 Å². The van der Waals surface area contributed by atoms with E-state index in [2.05, 4.69) is 9.97 Å². The van der Waals surface area contributed by atoms with Crippen LogP contribution in [0.5, 0.6) is 11.6 Å². The SMILES string of the molecule is Nc1ccc(Oc2ncnc3c2ccn3CC(F)(F)F)cc1. The van der Waals surface area contributed by atoms with E-state index in [0.29, 0.717) is 16.8 Å². The molecule has 0 aliphatic heterocycles. The Labute approximate surface area is 123 Å². The Morgan fingerprint density at radius 3 is 2.50 bits per heavy atom. The van der Waals surface area contributed by atoms with Crippen LogP contribution in [-0.4, -0.2) is 20.7 Å². The van der Waals surface area contributed by atoms with Crippen LogP contribution in [0.2, 0.25) is 0 Å². The molecule has 114 valence electrons. The number of hydrogen-bond donors (Lipinski definition) is 1. The fourth-order valence-corrected chi connectivity index (χ4v) is 2.03. The van der Waals surface area contributed by atoms with Crippen molar-refractivity contribution in [3.8, 4) is 11.6 Å². The molecular weight excluding hydrogens is 297 g/mol. The Bertz CT molecular complexity index is 796. The molecule has 5 nitrogen and oxygen atoms in total. The second-order valence-corrected chi connectivity index (χ2v) is 4.65. The average Bonchev–Trinajstić information content (AvgIpc) is 2.84. The monoisotopic (exact) mass is 308 g/mol. The largest absolute Gasteiger partial charge is 0.438 e. The van der Waals surface area contributed by atoms with E-state index in [1.807, 2.05) is 0 Å². The predicted octanol–water partition coefficient (Wildman–Crippen LogP) is 3.37. The van der Waals surface area contributed by atoms with E-state index in [1.165, 1.54) is 18.6 Å². The third kappa shape index (κ3) is 2.95. The van der Waals surface area contributed by atoms with Gasteiger partial charge in [-0.2, -0.15) is 13.2 Å². The van der Waals surface area contributed by atoms with Crippen molar-refractivity contribution in [3.63, 3.8) is 0 Å². The molecule has 1 aromatic carbocycles. The zero-order valence-corrected chi connectivity index (χ0v) is 11.2. The first-order chi connectivity index (χ1) is 10.4. The van der Waals surface area contributed by atoms with Crippen LogP contribution >= 0.6 is 0 Å². The molecule has 3 aromatic rings. The Morgan fingerprint density at radius 1 is 1.09 bits per heavy atom. The maximum atomic E-state index is 12.5. The third-order valence-electron chi connectivity index (χ3n) is 2.96. The van der Waals surface area contributed by atoms with Gasteiger partial charge in [0.25, 0.3) is 0 Å². The van der Waals surface area contributed by atoms with Crippen LogP contribution in [0.15, 0.2) is 42.9 Å². The van der Waals surface area contributed by atoms with Crippen molar-refractivity contribution in [1.82, 2.24) is 14.5 Å². The summed E-state index contributed by atoms with van der Waals surface area (Å²) in [6.07, 6.45) is -1.85. The van der Waals surface area contributed by atoms with Crippen molar-refractivity contribution in [2.75, 3.05) is 5.73 Å². The molecule has 2 aromatic heterocycles. The highest BCUT2D eigenvalue weighted by atomic mass is 19.4. The number of nitrogens with two attached hydrogens (primary N) is 1. The maximum Gasteiger partial charge on any atom is 0.406 e. The topological polar surface area (TPSA) is 66.0 Å². The number of anilines is 1. The van der Waals surface area contributed by atoms with Crippen molar-refractivity contribution >= 4 is 16.7 Å². The molecule has 0 spiro atoms. The van der Waals surface area contributed by atoms with Crippen LogP contribution in [0.4, 0.5) is 18.9 Å². The number of ether oxygens (including phenoxy) is 1. The van der Waals surface area contributed by atoms with E-state index in [-0.39, 0.29) is 11.5 Å². The summed E-state index contributed by atoms with van der Waals surface area (Å²) in [6, 6.07) is 8.10. The lowest BCUT2D eigenvalue weighted by Crippen LogP contribution is -2.17. The highest BCUT2D eigenvalue weighted by Crippen LogP contribution is 2.29. The summed E-state index contributed by atoms with van der Waals surface area (Å²) in [4.78, 5) is 7.87. The predicted molar refractivity (Wildman–Crippen MR) is 74.5 cm³/mol. The maximum absolute atomic E-state index is 12.5. The van der Waals surface area contributed by atoms with Crippen molar-refractivity contribution in [1.29, 1.82) is 0 Å². The van der Waals surface area contributed by atoms with Crippen LogP contribution in [0.25, 0.3) is 11.0 Å². The number of hydrogen-bond acceptors (Lipinski definition) is 4. The van der Waals surface area contributed by atoms with Gasteiger partial charge in [-0.25, -0.2) is 9.97 Å². The van der Waals surface area contributed by atoms with Gasteiger partial charge < -0.3 is 15.0 Å². The van der Waals surface area contributed by atoms with Crippen molar-refractivity contribution in [3.05, 3.63) is 42.9 Å². The minimum atomic E-state index is -4.32. The van der Waals surface area contributed by atoms with Gasteiger partial charge in [0.1, 0.15) is 24.3 Å². The smallest absolute Gasteiger partial charge is 0.406 e. The number of nitrogen functional groups attached to an aromatic ring is 1. The highest BCUT2D eigenvalue weighted by Gasteiger charge is 2.29. The van der Waals surface area contributed by atoms with Crippen LogP contribution in [0.1, 0.15) is 0 Å². The summed E-state index contributed by atoms with van der Waals surface area (Å²) in [7, 11) is 0. The number of benzene rings is 1. The molecule has 8 heteroatoms. The fraction of sp³-hybridized carbons (Fsp3) is 0.143. The normalized spacial score (nSPS) is 11.8. The van der Waals surface area contributed by atoms with Gasteiger partial charge in [-0.1, -0.05) is 0 Å². The van der Waals surface area contributed by atoms with Gasteiger partial charge >= 0.3 is 6.18 Å². The first kappa shape index (κ1) is 14.2. The summed E-state index contributed by atoms with van der Waals surface area (Å²) in [5.41, 5.74) is 6.33. The van der Waals surface area contributed by atoms with Crippen LogP contribution in [0, 0.1) is 0 Å². The van der Waals surface area contributed by atoms with Gasteiger partial charge in [-0.3, -0.25) is 0 Å². The third-order valence-corrected chi connectivity index (χ3v) is 2.96. The van der Waals surface area contributed by atoms with E-state index < -0.39 is 12.7 Å². The summed E-state index contributed by atoms with van der Waals surface area (Å²) < 4.78 is 44.2. The lowest BCUT2D eigenvalue weighted by Gasteiger charge is -2.09. The molecule has 0 radical (unpaired) electrons. The quantitative estimate of drug-likeness (QED) is 0.753. The average molecular weight is 308 g/mol. The zero-order chi connectivity index (χ0) is 15.7. The number of rotatable bonds is 3. The molecule has 2 N–H and O–H groups in total. The zero-order valence-electron chi connectivity index (χ0n) is 11.2. The van der Waals surface area contributed by atoms with Gasteiger partial charge in [0, 0.05) is 11.9 Å². The molecule has 22 heavy (non-hydrogen) atoms. The van der Waals surface area contributed by atoms with Gasteiger partial charge in [-0.05, 0) is 30.3 Å². The summed E-state index contributed by atoms with van der Waals surface area (Å²) in [5.74, 6) is 0.675. The van der Waals surface area contributed by atoms with Crippen LogP contribution in [-0.2, 0) is 6.54 Å². The second-order valence-electron chi connectivity index (χ2n) is 4.65. The van der Waals surface area contributed by atoms with E-state index in [4.69, 9.17) is 10.5 Å². The van der Waals surface area contributed by atoms with Crippen LogP contribution in [0.3, 0.4) is 0 Å². The molecule has 3 rings (SSSR count). The highest BCUT2D eigenvalue weighted by molar-refractivity contribution is 5.81. The van der Waals surface area contributed by atoms with E-state index in [9.17, 15) is 13.2 Å². The molecule has 0 bridgehead atoms. The fourth-order valence-electron chi connectivity index (χ4n) is 2.03. The molecule has 0 fully saturated rings. The Morgan fingerprint density at radius 2 is 1.82 bits per heavy atom. The number of halogens is 3. The van der Waals surface area contributed by atoms with Crippen molar-refractivity contribution < 1.29 is 17.9 Å². The molecular formula is C14H11F3N4O. The molecule has 0 aliphatic rings. The molecule has 0 amide bonds. The number of nitrogens with zero attached hydrogens (tertiary/aromatic N) is 3. The van der Waals surface area contributed by atoms with Gasteiger partial charge in [-0.15, -0.1) is 0 Å². The Kier molecular flexibility index (Phi) is 3.36. The van der Waals surface area contributed by atoms with Crippen molar-refractivity contribution in [2.24, 2.45) is 0 Å². The summed E-state index contributed by atoms with van der Waals surface area (Å²) in [6.45, 7) is -1.12. The molecule has 0 aliphatic carbocycles. The molecule has 0 atom stereocenters. The van der Waals surface area contributed by atoms with E-state index in [0.717, 1.165) is 4.57 Å². The van der Waals surface area contributed by atoms with Gasteiger partial charge in [0.2, 0.25) is 5.88 Å². The molecule has 0 saturated heterocycles. The van der Waals surface area contributed by atoms with Crippen molar-refractivity contribution in [2.45, 2.75) is 12.7 Å². The van der Waals surface area contributed by atoms with Gasteiger partial charge in [0.15, 0.2) is 0 Å². The first-order valence-corrected chi connectivity index (χ1v) is 6.32. The lowest BCUT2D eigenvalue weighted by molar-refractivity contribution is -0.139. The minimum Gasteiger partial charge on any atom is -0.438 e. The first-order valence-electron chi connectivity index (χ1n) is 6.32. The Hall–Kier alpha value is -2.77. The summed E-state index contributed by atoms with van der Waals surface area (Å²) in [5, 5.41) is 0.406.